The Labute approximate surface area is 204 Å². The molecule has 34 heavy (non-hydrogen) atoms. The van der Waals surface area contributed by atoms with Gasteiger partial charge in [-0.1, -0.05) is 12.1 Å². The number of hydrogen-bond acceptors (Lipinski definition) is 6. The van der Waals surface area contributed by atoms with Gasteiger partial charge in [-0.05, 0) is 37.6 Å². The fourth-order valence-electron chi connectivity index (χ4n) is 3.30. The third-order valence-corrected chi connectivity index (χ3v) is 8.83. The summed E-state index contributed by atoms with van der Waals surface area (Å²) in [6.07, 6.45) is -4.35. The minimum Gasteiger partial charge on any atom is -0.481 e. The number of aliphatic carboxylic acids is 1. The van der Waals surface area contributed by atoms with Crippen molar-refractivity contribution in [1.82, 2.24) is 9.97 Å². The number of fused-ring (bicyclic) bond motifs is 1. The highest BCUT2D eigenvalue weighted by Crippen LogP contribution is 2.39. The number of rotatable bonds is 7. The van der Waals surface area contributed by atoms with Crippen molar-refractivity contribution in [3.63, 3.8) is 0 Å². The lowest BCUT2D eigenvalue weighted by Crippen LogP contribution is -2.07. The standard InChI is InChI=1S/C23H18F4N2O2S3/c1-11-3-6-16(21-20(11)29-18(34-21)7-8-19(30)31)32-10-17-12(2)28-22(33-17)13-4-5-14(15(24)9-13)23(25,26)27/h3-6,9H,7-8,10H2,1-2H3,(H,30,31). The molecule has 2 aromatic carbocycles. The predicted octanol–water partition coefficient (Wildman–Crippen LogP) is 7.50. The molecule has 11 heteroatoms. The SMILES string of the molecule is Cc1nc(-c2ccc(C(F)(F)F)c(F)c2)sc1CSc1ccc(C)c2nc(CCC(=O)O)sc12. The first kappa shape index (κ1) is 24.6. The largest absolute Gasteiger partial charge is 0.481 e. The summed E-state index contributed by atoms with van der Waals surface area (Å²) in [6.45, 7) is 3.78. The molecule has 0 fully saturated rings. The number of thiazole rings is 2. The van der Waals surface area contributed by atoms with Crippen LogP contribution in [0.25, 0.3) is 20.8 Å². The van der Waals surface area contributed by atoms with Crippen LogP contribution in [0.4, 0.5) is 17.6 Å². The molecule has 0 amide bonds. The van der Waals surface area contributed by atoms with Crippen LogP contribution in [0.2, 0.25) is 0 Å². The number of thioether (sulfide) groups is 1. The summed E-state index contributed by atoms with van der Waals surface area (Å²) >= 11 is 4.39. The van der Waals surface area contributed by atoms with Crippen molar-refractivity contribution in [3.8, 4) is 10.6 Å². The topological polar surface area (TPSA) is 63.1 Å². The third-order valence-electron chi connectivity index (χ3n) is 5.08. The van der Waals surface area contributed by atoms with Crippen LogP contribution < -0.4 is 0 Å². The molecule has 4 nitrogen and oxygen atoms in total. The number of carboxylic acids is 1. The number of hydrogen-bond donors (Lipinski definition) is 1. The van der Waals surface area contributed by atoms with E-state index in [2.05, 4.69) is 9.97 Å². The van der Waals surface area contributed by atoms with E-state index in [-0.39, 0.29) is 6.42 Å². The van der Waals surface area contributed by atoms with Gasteiger partial charge >= 0.3 is 12.1 Å². The van der Waals surface area contributed by atoms with Crippen LogP contribution in [0.15, 0.2) is 35.2 Å². The summed E-state index contributed by atoms with van der Waals surface area (Å²) in [4.78, 5) is 21.9. The van der Waals surface area contributed by atoms with E-state index >= 15 is 0 Å². The number of carboxylic acid groups (broad SMARTS) is 1. The lowest BCUT2D eigenvalue weighted by Gasteiger charge is -2.08. The molecular formula is C23H18F4N2O2S3. The van der Waals surface area contributed by atoms with Gasteiger partial charge in [0.05, 0.1) is 32.9 Å². The Hall–Kier alpha value is -2.50. The molecule has 0 saturated heterocycles. The van der Waals surface area contributed by atoms with Gasteiger partial charge in [0.2, 0.25) is 0 Å². The second kappa shape index (κ2) is 9.63. The maximum atomic E-state index is 14.0. The van der Waals surface area contributed by atoms with E-state index in [1.807, 2.05) is 26.0 Å². The first-order valence-corrected chi connectivity index (χ1v) is 12.7. The lowest BCUT2D eigenvalue weighted by atomic mass is 10.1. The summed E-state index contributed by atoms with van der Waals surface area (Å²) < 4.78 is 53.5. The molecular weight excluding hydrogens is 508 g/mol. The lowest BCUT2D eigenvalue weighted by molar-refractivity contribution is -0.140. The third kappa shape index (κ3) is 5.26. The molecule has 178 valence electrons. The highest BCUT2D eigenvalue weighted by molar-refractivity contribution is 7.99. The molecule has 0 aliphatic rings. The fraction of sp³-hybridized carbons (Fsp3) is 0.261. The zero-order valence-corrected chi connectivity index (χ0v) is 20.4. The zero-order valence-electron chi connectivity index (χ0n) is 18.0. The number of nitrogens with zero attached hydrogens (tertiary/aromatic N) is 2. The fourth-order valence-corrected chi connectivity index (χ4v) is 6.80. The molecule has 0 saturated carbocycles. The molecule has 0 radical (unpaired) electrons. The quantitative estimate of drug-likeness (QED) is 0.200. The van der Waals surface area contributed by atoms with E-state index in [0.717, 1.165) is 48.4 Å². The van der Waals surface area contributed by atoms with E-state index in [0.29, 0.717) is 22.7 Å². The summed E-state index contributed by atoms with van der Waals surface area (Å²) in [7, 11) is 0. The zero-order chi connectivity index (χ0) is 24.6. The number of aromatic nitrogens is 2. The second-order valence-electron chi connectivity index (χ2n) is 7.57. The van der Waals surface area contributed by atoms with E-state index < -0.39 is 23.5 Å². The molecule has 0 aliphatic heterocycles. The molecule has 0 spiro atoms. The Morgan fingerprint density at radius 3 is 2.56 bits per heavy atom. The van der Waals surface area contributed by atoms with Gasteiger partial charge in [0.15, 0.2) is 0 Å². The summed E-state index contributed by atoms with van der Waals surface area (Å²) in [5, 5.41) is 10.2. The molecule has 0 aliphatic carbocycles. The number of aryl methyl sites for hydroxylation is 3. The van der Waals surface area contributed by atoms with Crippen LogP contribution >= 0.6 is 34.4 Å². The minimum atomic E-state index is -4.74. The van der Waals surface area contributed by atoms with Gasteiger partial charge in [-0.2, -0.15) is 13.2 Å². The molecule has 4 aromatic rings. The Balaban J connectivity index is 1.55. The van der Waals surface area contributed by atoms with Gasteiger partial charge < -0.3 is 5.11 Å². The number of carbonyl (C=O) groups is 1. The van der Waals surface area contributed by atoms with Crippen LogP contribution in [0.5, 0.6) is 0 Å². The first-order chi connectivity index (χ1) is 16.0. The van der Waals surface area contributed by atoms with Crippen molar-refractivity contribution in [3.05, 3.63) is 62.9 Å². The Bertz CT molecular complexity index is 1380. The molecule has 0 bridgehead atoms. The number of halogens is 4. The van der Waals surface area contributed by atoms with Crippen LogP contribution in [0.3, 0.4) is 0 Å². The maximum Gasteiger partial charge on any atom is 0.419 e. The summed E-state index contributed by atoms with van der Waals surface area (Å²) in [6, 6.07) is 6.83. The molecule has 2 aromatic heterocycles. The summed E-state index contributed by atoms with van der Waals surface area (Å²) in [5.74, 6) is -1.61. The average molecular weight is 527 g/mol. The maximum absolute atomic E-state index is 14.0. The first-order valence-electron chi connectivity index (χ1n) is 10.1. The van der Waals surface area contributed by atoms with Crippen molar-refractivity contribution >= 4 is 50.6 Å². The average Bonchev–Trinajstić information content (AvgIpc) is 3.35. The molecule has 2 heterocycles. The predicted molar refractivity (Wildman–Crippen MR) is 127 cm³/mol. The van der Waals surface area contributed by atoms with Gasteiger partial charge in [-0.25, -0.2) is 14.4 Å². The smallest absolute Gasteiger partial charge is 0.419 e. The normalized spacial score (nSPS) is 11.9. The van der Waals surface area contributed by atoms with Gasteiger partial charge in [-0.15, -0.1) is 34.4 Å². The van der Waals surface area contributed by atoms with Crippen molar-refractivity contribution in [2.24, 2.45) is 0 Å². The van der Waals surface area contributed by atoms with Crippen LogP contribution in [0, 0.1) is 19.7 Å². The molecule has 0 atom stereocenters. The van der Waals surface area contributed by atoms with Crippen LogP contribution in [0.1, 0.15) is 33.1 Å². The monoisotopic (exact) mass is 526 g/mol. The second-order valence-corrected chi connectivity index (χ2v) is 10.8. The molecule has 0 unspecified atom stereocenters. The highest BCUT2D eigenvalue weighted by Gasteiger charge is 2.34. The van der Waals surface area contributed by atoms with Crippen molar-refractivity contribution in [1.29, 1.82) is 0 Å². The summed E-state index contributed by atoms with van der Waals surface area (Å²) in [5.41, 5.74) is 1.62. The molecule has 1 N–H and O–H groups in total. The van der Waals surface area contributed by atoms with Crippen molar-refractivity contribution in [2.75, 3.05) is 0 Å². The van der Waals surface area contributed by atoms with Gasteiger partial charge in [0, 0.05) is 27.5 Å². The van der Waals surface area contributed by atoms with Crippen LogP contribution in [-0.2, 0) is 23.1 Å². The van der Waals surface area contributed by atoms with Crippen LogP contribution in [-0.4, -0.2) is 21.0 Å². The minimum absolute atomic E-state index is 0.0225. The van der Waals surface area contributed by atoms with Crippen molar-refractivity contribution in [2.45, 2.75) is 43.5 Å². The molecule has 4 rings (SSSR count). The van der Waals surface area contributed by atoms with Gasteiger partial charge in [0.1, 0.15) is 10.8 Å². The van der Waals surface area contributed by atoms with E-state index in [9.17, 15) is 22.4 Å². The number of benzene rings is 2. The van der Waals surface area contributed by atoms with E-state index in [1.54, 1.807) is 11.8 Å². The Morgan fingerprint density at radius 2 is 1.88 bits per heavy atom. The number of alkyl halides is 3. The Kier molecular flexibility index (Phi) is 6.97. The van der Waals surface area contributed by atoms with E-state index in [4.69, 9.17) is 5.11 Å². The van der Waals surface area contributed by atoms with Gasteiger partial charge in [-0.3, -0.25) is 4.79 Å². The van der Waals surface area contributed by atoms with Gasteiger partial charge in [0.25, 0.3) is 0 Å². The van der Waals surface area contributed by atoms with Crippen molar-refractivity contribution < 1.29 is 27.5 Å². The van der Waals surface area contributed by atoms with E-state index in [1.165, 1.54) is 28.7 Å². The highest BCUT2D eigenvalue weighted by atomic mass is 32.2. The Morgan fingerprint density at radius 1 is 1.12 bits per heavy atom.